The molecule has 3 N–H and O–H groups in total. The van der Waals surface area contributed by atoms with Gasteiger partial charge in [0.25, 0.3) is 0 Å². The molecule has 1 fully saturated rings. The van der Waals surface area contributed by atoms with Gasteiger partial charge >= 0.3 is 0 Å². The molecule has 2 amide bonds. The van der Waals surface area contributed by atoms with Gasteiger partial charge in [0.1, 0.15) is 0 Å². The summed E-state index contributed by atoms with van der Waals surface area (Å²) in [5.74, 6) is -0.297. The molecule has 21 heavy (non-hydrogen) atoms. The predicted octanol–water partition coefficient (Wildman–Crippen LogP) is 0.856. The van der Waals surface area contributed by atoms with Crippen LogP contribution in [-0.2, 0) is 9.59 Å². The number of nitrogens with two attached hydrogens (primary N) is 1. The first-order valence-corrected chi connectivity index (χ1v) is 7.42. The van der Waals surface area contributed by atoms with E-state index in [1.54, 1.807) is 0 Å². The van der Waals surface area contributed by atoms with Crippen molar-refractivity contribution in [3.63, 3.8) is 0 Å². The van der Waals surface area contributed by atoms with Crippen LogP contribution in [0.5, 0.6) is 0 Å². The second-order valence-corrected chi connectivity index (χ2v) is 5.52. The molecule has 0 aliphatic carbocycles. The van der Waals surface area contributed by atoms with Crippen molar-refractivity contribution in [3.05, 3.63) is 35.9 Å². The molecule has 1 aromatic carbocycles. The lowest BCUT2D eigenvalue weighted by atomic mass is 9.96. The predicted molar refractivity (Wildman–Crippen MR) is 81.7 cm³/mol. The fourth-order valence-electron chi connectivity index (χ4n) is 2.87. The molecule has 5 heteroatoms. The van der Waals surface area contributed by atoms with E-state index < -0.39 is 0 Å². The number of nitrogens with one attached hydrogen (secondary N) is 1. The number of benzene rings is 1. The third-order valence-electron chi connectivity index (χ3n) is 3.88. The first-order valence-electron chi connectivity index (χ1n) is 7.42. The van der Waals surface area contributed by atoms with Crippen LogP contribution < -0.4 is 11.1 Å². The molecular weight excluding hydrogens is 266 g/mol. The number of hydrogen-bond donors (Lipinski definition) is 2. The second-order valence-electron chi connectivity index (χ2n) is 5.52. The highest BCUT2D eigenvalue weighted by atomic mass is 16.2. The fraction of sp³-hybridized carbons (Fsp3) is 0.500. The van der Waals surface area contributed by atoms with E-state index in [2.05, 4.69) is 5.32 Å². The Balaban J connectivity index is 2.05. The Bertz CT molecular complexity index is 490. The zero-order chi connectivity index (χ0) is 15.2. The number of likely N-dealkylation sites (tertiary alicyclic amines) is 1. The number of carbonyl (C=O) groups excluding carboxylic acids is 2. The van der Waals surface area contributed by atoms with Gasteiger partial charge in [-0.05, 0) is 18.4 Å². The van der Waals surface area contributed by atoms with E-state index in [1.807, 2.05) is 35.2 Å². The molecule has 114 valence electrons. The van der Waals surface area contributed by atoms with Gasteiger partial charge in [-0.1, -0.05) is 30.3 Å². The number of piperidine rings is 1. The molecule has 1 aromatic rings. The highest BCUT2D eigenvalue weighted by Crippen LogP contribution is 2.20. The van der Waals surface area contributed by atoms with Gasteiger partial charge in [0.2, 0.25) is 11.8 Å². The third kappa shape index (κ3) is 4.04. The summed E-state index contributed by atoms with van der Waals surface area (Å²) in [6.45, 7) is 3.11. The largest absolute Gasteiger partial charge is 0.352 e. The number of carbonyl (C=O) groups is 2. The Morgan fingerprint density at radius 3 is 2.71 bits per heavy atom. The molecular formula is C16H23N3O2. The number of amides is 2. The first kappa shape index (κ1) is 15.5. The molecule has 0 bridgehead atoms. The maximum atomic E-state index is 12.7. The van der Waals surface area contributed by atoms with Crippen LogP contribution in [-0.4, -0.2) is 42.4 Å². The Hall–Kier alpha value is -1.88. The minimum atomic E-state index is -0.303. The van der Waals surface area contributed by atoms with Crippen LogP contribution in [0.1, 0.15) is 31.2 Å². The van der Waals surface area contributed by atoms with Crippen LogP contribution in [0, 0.1) is 0 Å². The van der Waals surface area contributed by atoms with Gasteiger partial charge in [-0.2, -0.15) is 0 Å². The first-order chi connectivity index (χ1) is 10.1. The molecule has 5 nitrogen and oxygen atoms in total. The van der Waals surface area contributed by atoms with Gasteiger partial charge < -0.3 is 16.0 Å². The van der Waals surface area contributed by atoms with Crippen molar-refractivity contribution in [2.75, 3.05) is 19.6 Å². The monoisotopic (exact) mass is 289 g/mol. The summed E-state index contributed by atoms with van der Waals surface area (Å²) < 4.78 is 0. The summed E-state index contributed by atoms with van der Waals surface area (Å²) >= 11 is 0. The summed E-state index contributed by atoms with van der Waals surface area (Å²) in [7, 11) is 0. The zero-order valence-corrected chi connectivity index (χ0v) is 12.4. The summed E-state index contributed by atoms with van der Waals surface area (Å²) in [6, 6.07) is 9.68. The van der Waals surface area contributed by atoms with Gasteiger partial charge in [0, 0.05) is 32.6 Å². The van der Waals surface area contributed by atoms with Crippen molar-refractivity contribution >= 4 is 11.8 Å². The van der Waals surface area contributed by atoms with Crippen molar-refractivity contribution in [2.24, 2.45) is 5.73 Å². The average Bonchev–Trinajstić information content (AvgIpc) is 2.48. The maximum Gasteiger partial charge on any atom is 0.231 e. The Morgan fingerprint density at radius 1 is 1.38 bits per heavy atom. The van der Waals surface area contributed by atoms with Crippen molar-refractivity contribution in [2.45, 2.75) is 31.7 Å². The minimum Gasteiger partial charge on any atom is -0.352 e. The summed E-state index contributed by atoms with van der Waals surface area (Å²) in [5, 5.41) is 2.90. The Kier molecular flexibility index (Phi) is 5.33. The fourth-order valence-corrected chi connectivity index (χ4v) is 2.87. The lowest BCUT2D eigenvalue weighted by Gasteiger charge is -2.35. The number of hydrogen-bond acceptors (Lipinski definition) is 3. The normalized spacial score (nSPS) is 19.9. The summed E-state index contributed by atoms with van der Waals surface area (Å²) in [6.07, 6.45) is 1.82. The molecule has 2 unspecified atom stereocenters. The summed E-state index contributed by atoms with van der Waals surface area (Å²) in [5.41, 5.74) is 6.76. The molecule has 2 atom stereocenters. The highest BCUT2D eigenvalue weighted by molar-refractivity contribution is 5.84. The van der Waals surface area contributed by atoms with E-state index in [0.29, 0.717) is 13.1 Å². The molecule has 2 rings (SSSR count). The van der Waals surface area contributed by atoms with Crippen molar-refractivity contribution in [1.29, 1.82) is 0 Å². The van der Waals surface area contributed by atoms with E-state index >= 15 is 0 Å². The van der Waals surface area contributed by atoms with Crippen LogP contribution in [0.4, 0.5) is 0 Å². The summed E-state index contributed by atoms with van der Waals surface area (Å²) in [4.78, 5) is 25.7. The van der Waals surface area contributed by atoms with E-state index in [0.717, 1.165) is 24.9 Å². The highest BCUT2D eigenvalue weighted by Gasteiger charge is 2.29. The molecule has 0 spiro atoms. The lowest BCUT2D eigenvalue weighted by Crippen LogP contribution is -2.50. The van der Waals surface area contributed by atoms with Crippen LogP contribution in [0.2, 0.25) is 0 Å². The number of nitrogens with zero attached hydrogens (tertiary/aromatic N) is 1. The van der Waals surface area contributed by atoms with Gasteiger partial charge in [-0.3, -0.25) is 9.59 Å². The second kappa shape index (κ2) is 7.22. The number of rotatable bonds is 4. The molecule has 1 aliphatic heterocycles. The molecule has 0 saturated carbocycles. The SMILES string of the molecule is CC(=O)NC1CCCN(C(=O)C(CN)c2ccccc2)C1. The van der Waals surface area contributed by atoms with Crippen LogP contribution >= 0.6 is 0 Å². The molecule has 1 heterocycles. The Morgan fingerprint density at radius 2 is 2.10 bits per heavy atom. The molecule has 1 saturated heterocycles. The van der Waals surface area contributed by atoms with Gasteiger partial charge in [0.05, 0.1) is 5.92 Å². The van der Waals surface area contributed by atoms with Gasteiger partial charge in [-0.15, -0.1) is 0 Å². The van der Waals surface area contributed by atoms with Crippen molar-refractivity contribution < 1.29 is 9.59 Å². The third-order valence-corrected chi connectivity index (χ3v) is 3.88. The standard InChI is InChI=1S/C16H23N3O2/c1-12(20)18-14-8-5-9-19(11-14)16(21)15(10-17)13-6-3-2-4-7-13/h2-4,6-7,14-15H,5,8-11,17H2,1H3,(H,18,20). The van der Waals surface area contributed by atoms with Gasteiger partial charge in [-0.25, -0.2) is 0 Å². The van der Waals surface area contributed by atoms with E-state index in [4.69, 9.17) is 5.73 Å². The molecule has 0 aromatic heterocycles. The van der Waals surface area contributed by atoms with E-state index in [-0.39, 0.29) is 23.8 Å². The maximum absolute atomic E-state index is 12.7. The van der Waals surface area contributed by atoms with Crippen LogP contribution in [0.15, 0.2) is 30.3 Å². The van der Waals surface area contributed by atoms with Crippen LogP contribution in [0.3, 0.4) is 0 Å². The molecule has 0 radical (unpaired) electrons. The lowest BCUT2D eigenvalue weighted by molar-refractivity contribution is -0.134. The van der Waals surface area contributed by atoms with Gasteiger partial charge in [0.15, 0.2) is 0 Å². The van der Waals surface area contributed by atoms with Crippen LogP contribution in [0.25, 0.3) is 0 Å². The zero-order valence-electron chi connectivity index (χ0n) is 12.4. The van der Waals surface area contributed by atoms with E-state index in [9.17, 15) is 9.59 Å². The van der Waals surface area contributed by atoms with Crippen molar-refractivity contribution in [1.82, 2.24) is 10.2 Å². The van der Waals surface area contributed by atoms with E-state index in [1.165, 1.54) is 6.92 Å². The molecule has 1 aliphatic rings. The average molecular weight is 289 g/mol. The smallest absolute Gasteiger partial charge is 0.231 e. The topological polar surface area (TPSA) is 75.4 Å². The van der Waals surface area contributed by atoms with Crippen molar-refractivity contribution in [3.8, 4) is 0 Å². The Labute approximate surface area is 125 Å². The minimum absolute atomic E-state index is 0.0484. The quantitative estimate of drug-likeness (QED) is 0.863.